The molecular weight excluding hydrogens is 230 g/mol. The smallest absolute Gasteiger partial charge is 0.0429 e. The quantitative estimate of drug-likeness (QED) is 0.725. The minimum atomic E-state index is 0.498. The highest BCUT2D eigenvalue weighted by Gasteiger charge is 2.27. The van der Waals surface area contributed by atoms with Gasteiger partial charge in [-0.15, -0.1) is 0 Å². The van der Waals surface area contributed by atoms with Crippen molar-refractivity contribution in [2.24, 2.45) is 5.92 Å². The predicted octanol–water partition coefficient (Wildman–Crippen LogP) is 4.42. The first-order valence-corrected chi connectivity index (χ1v) is 7.06. The van der Waals surface area contributed by atoms with Gasteiger partial charge in [-0.2, -0.15) is 0 Å². The summed E-state index contributed by atoms with van der Waals surface area (Å²) in [7, 11) is 2.19. The maximum Gasteiger partial charge on any atom is 0.0429 e. The van der Waals surface area contributed by atoms with Crippen LogP contribution in [0.5, 0.6) is 0 Å². The third-order valence-corrected chi connectivity index (χ3v) is 4.15. The van der Waals surface area contributed by atoms with Crippen LogP contribution in [-0.4, -0.2) is 7.05 Å². The van der Waals surface area contributed by atoms with Crippen molar-refractivity contribution in [2.45, 2.75) is 26.3 Å². The molecule has 0 saturated heterocycles. The molecule has 0 radical (unpaired) electrons. The third kappa shape index (κ3) is 2.03. The van der Waals surface area contributed by atoms with Crippen LogP contribution in [0.2, 0.25) is 0 Å². The summed E-state index contributed by atoms with van der Waals surface area (Å²) in [6.07, 6.45) is 0. The van der Waals surface area contributed by atoms with Gasteiger partial charge in [-0.05, 0) is 28.7 Å². The highest BCUT2D eigenvalue weighted by Crippen LogP contribution is 2.41. The molecule has 0 fully saturated rings. The summed E-state index contributed by atoms with van der Waals surface area (Å²) in [5.41, 5.74) is 5.79. The first-order valence-electron chi connectivity index (χ1n) is 7.06. The number of para-hydroxylation sites is 1. The van der Waals surface area contributed by atoms with Crippen molar-refractivity contribution in [3.8, 4) is 0 Å². The van der Waals surface area contributed by atoms with Gasteiger partial charge < -0.3 is 4.90 Å². The zero-order valence-corrected chi connectivity index (χ0v) is 11.9. The van der Waals surface area contributed by atoms with Gasteiger partial charge in [0, 0.05) is 25.2 Å². The first-order chi connectivity index (χ1) is 9.18. The third-order valence-electron chi connectivity index (χ3n) is 4.15. The van der Waals surface area contributed by atoms with E-state index >= 15 is 0 Å². The van der Waals surface area contributed by atoms with E-state index in [4.69, 9.17) is 0 Å². The summed E-state index contributed by atoms with van der Waals surface area (Å²) in [5, 5.41) is 0. The number of benzene rings is 2. The Balaban J connectivity index is 2.25. The molecule has 1 unspecified atom stereocenters. The van der Waals surface area contributed by atoms with Crippen molar-refractivity contribution in [2.75, 3.05) is 11.9 Å². The Kier molecular flexibility index (Phi) is 3.06. The lowest BCUT2D eigenvalue weighted by Gasteiger charge is -2.24. The van der Waals surface area contributed by atoms with E-state index in [1.54, 1.807) is 0 Å². The average molecular weight is 251 g/mol. The number of hydrogen-bond donors (Lipinski definition) is 0. The molecule has 0 aliphatic carbocycles. The maximum atomic E-state index is 2.37. The van der Waals surface area contributed by atoms with Gasteiger partial charge in [-0.3, -0.25) is 0 Å². The molecule has 0 spiro atoms. The molecule has 1 aliphatic heterocycles. The summed E-state index contributed by atoms with van der Waals surface area (Å²) >= 11 is 0. The van der Waals surface area contributed by atoms with E-state index in [0.29, 0.717) is 11.8 Å². The highest BCUT2D eigenvalue weighted by atomic mass is 15.1. The molecule has 1 aliphatic rings. The largest absolute Gasteiger partial charge is 0.370 e. The molecule has 1 heterocycles. The molecule has 0 saturated carbocycles. The van der Waals surface area contributed by atoms with Crippen molar-refractivity contribution in [1.82, 2.24) is 0 Å². The van der Waals surface area contributed by atoms with Crippen molar-refractivity contribution in [3.63, 3.8) is 0 Å². The van der Waals surface area contributed by atoms with Gasteiger partial charge in [-0.25, -0.2) is 0 Å². The van der Waals surface area contributed by atoms with E-state index in [1.165, 1.54) is 22.4 Å². The van der Waals surface area contributed by atoms with E-state index < -0.39 is 0 Å². The molecule has 1 heteroatoms. The maximum absolute atomic E-state index is 2.37. The fourth-order valence-electron chi connectivity index (χ4n) is 3.31. The second-order valence-electron chi connectivity index (χ2n) is 5.84. The van der Waals surface area contributed by atoms with Crippen molar-refractivity contribution in [3.05, 3.63) is 65.2 Å². The minimum Gasteiger partial charge on any atom is -0.370 e. The Morgan fingerprint density at radius 1 is 0.947 bits per heavy atom. The van der Waals surface area contributed by atoms with Crippen LogP contribution in [0.3, 0.4) is 0 Å². The van der Waals surface area contributed by atoms with Crippen LogP contribution in [0.15, 0.2) is 48.5 Å². The molecule has 0 amide bonds. The Bertz CT molecular complexity index is 586. The Morgan fingerprint density at radius 2 is 1.58 bits per heavy atom. The van der Waals surface area contributed by atoms with Crippen LogP contribution in [-0.2, 0) is 6.54 Å². The number of rotatable bonds is 1. The molecule has 98 valence electrons. The monoisotopic (exact) mass is 251 g/mol. The Hall–Kier alpha value is -1.76. The normalized spacial score (nSPS) is 17.9. The average Bonchev–Trinajstić information content (AvgIpc) is 2.53. The number of nitrogens with zero attached hydrogens (tertiary/aromatic N) is 1. The Labute approximate surface area is 115 Å². The zero-order chi connectivity index (χ0) is 13.4. The van der Waals surface area contributed by atoms with Gasteiger partial charge in [0.1, 0.15) is 0 Å². The summed E-state index contributed by atoms with van der Waals surface area (Å²) in [6, 6.07) is 17.7. The molecule has 0 aromatic heterocycles. The van der Waals surface area contributed by atoms with Gasteiger partial charge in [0.05, 0.1) is 0 Å². The number of fused-ring (bicyclic) bond motifs is 2. The minimum absolute atomic E-state index is 0.498. The zero-order valence-electron chi connectivity index (χ0n) is 11.9. The topological polar surface area (TPSA) is 3.24 Å². The molecule has 1 atom stereocenters. The van der Waals surface area contributed by atoms with Gasteiger partial charge >= 0.3 is 0 Å². The molecule has 3 rings (SSSR count). The number of anilines is 1. The van der Waals surface area contributed by atoms with Gasteiger partial charge in [0.15, 0.2) is 0 Å². The van der Waals surface area contributed by atoms with Crippen LogP contribution in [0.25, 0.3) is 0 Å². The molecule has 0 N–H and O–H groups in total. The molecule has 1 nitrogen and oxygen atoms in total. The lowest BCUT2D eigenvalue weighted by Crippen LogP contribution is -2.16. The van der Waals surface area contributed by atoms with Crippen molar-refractivity contribution >= 4 is 5.69 Å². The fraction of sp³-hybridized carbons (Fsp3) is 0.333. The predicted molar refractivity (Wildman–Crippen MR) is 81.7 cm³/mol. The number of hydrogen-bond acceptors (Lipinski definition) is 1. The van der Waals surface area contributed by atoms with Crippen LogP contribution < -0.4 is 4.90 Å². The molecule has 0 bridgehead atoms. The van der Waals surface area contributed by atoms with Crippen molar-refractivity contribution < 1.29 is 0 Å². The summed E-state index contributed by atoms with van der Waals surface area (Å²) in [4.78, 5) is 2.37. The van der Waals surface area contributed by atoms with Crippen molar-refractivity contribution in [1.29, 1.82) is 0 Å². The van der Waals surface area contributed by atoms with E-state index in [2.05, 4.69) is 74.3 Å². The Morgan fingerprint density at radius 3 is 2.32 bits per heavy atom. The van der Waals surface area contributed by atoms with Gasteiger partial charge in [0.25, 0.3) is 0 Å². The van der Waals surface area contributed by atoms with E-state index in [1.807, 2.05) is 0 Å². The van der Waals surface area contributed by atoms with Gasteiger partial charge in [0.2, 0.25) is 0 Å². The second kappa shape index (κ2) is 4.73. The van der Waals surface area contributed by atoms with E-state index in [-0.39, 0.29) is 0 Å². The van der Waals surface area contributed by atoms with Crippen LogP contribution in [0, 0.1) is 5.92 Å². The molecular formula is C18H21N. The van der Waals surface area contributed by atoms with Gasteiger partial charge in [-0.1, -0.05) is 56.3 Å². The SMILES string of the molecule is CC(C)C1c2ccccc2CN(C)c2ccccc21. The fourth-order valence-corrected chi connectivity index (χ4v) is 3.31. The second-order valence-corrected chi connectivity index (χ2v) is 5.84. The van der Waals surface area contributed by atoms with Crippen LogP contribution in [0.4, 0.5) is 5.69 Å². The van der Waals surface area contributed by atoms with E-state index in [9.17, 15) is 0 Å². The summed E-state index contributed by atoms with van der Waals surface area (Å²) < 4.78 is 0. The molecule has 2 aromatic carbocycles. The van der Waals surface area contributed by atoms with E-state index in [0.717, 1.165) is 6.54 Å². The van der Waals surface area contributed by atoms with Crippen LogP contribution in [0.1, 0.15) is 36.5 Å². The summed E-state index contributed by atoms with van der Waals surface area (Å²) in [5.74, 6) is 1.10. The van der Waals surface area contributed by atoms with Crippen LogP contribution >= 0.6 is 0 Å². The standard InChI is InChI=1S/C18H21N/c1-13(2)18-15-9-5-4-8-14(15)12-19(3)17-11-7-6-10-16(17)18/h4-11,13,18H,12H2,1-3H3. The lowest BCUT2D eigenvalue weighted by molar-refractivity contribution is 0.564. The first kappa shape index (κ1) is 12.3. The molecule has 19 heavy (non-hydrogen) atoms. The summed E-state index contributed by atoms with van der Waals surface area (Å²) in [6.45, 7) is 5.64. The highest BCUT2D eigenvalue weighted by molar-refractivity contribution is 5.60. The lowest BCUT2D eigenvalue weighted by atomic mass is 9.81. The molecule has 2 aromatic rings.